The van der Waals surface area contributed by atoms with E-state index in [1.807, 2.05) is 13.8 Å². The first-order chi connectivity index (χ1) is 5.49. The van der Waals surface area contributed by atoms with Gasteiger partial charge in [0.2, 0.25) is 0 Å². The first-order valence-corrected chi connectivity index (χ1v) is 4.47. The van der Waals surface area contributed by atoms with Crippen LogP contribution in [-0.4, -0.2) is 11.6 Å². The van der Waals surface area contributed by atoms with Gasteiger partial charge in [-0.05, 0) is 18.8 Å². The fourth-order valence-corrected chi connectivity index (χ4v) is 1.30. The summed E-state index contributed by atoms with van der Waals surface area (Å²) in [4.78, 5) is 10.9. The minimum Gasteiger partial charge on any atom is -0.367 e. The van der Waals surface area contributed by atoms with Crippen molar-refractivity contribution >= 4 is 5.91 Å². The molecule has 0 radical (unpaired) electrons. The Morgan fingerprint density at radius 2 is 2.08 bits per heavy atom. The average molecular weight is 175 g/mol. The fraction of sp³-hybridized carbons (Fsp3) is 0.889. The van der Waals surface area contributed by atoms with Gasteiger partial charge in [-0.25, -0.2) is 4.39 Å². The van der Waals surface area contributed by atoms with Gasteiger partial charge in [-0.2, -0.15) is 0 Å². The van der Waals surface area contributed by atoms with Gasteiger partial charge in [-0.3, -0.25) is 4.79 Å². The highest BCUT2D eigenvalue weighted by molar-refractivity contribution is 5.83. The van der Waals surface area contributed by atoms with Crippen molar-refractivity contribution < 1.29 is 9.18 Å². The second-order valence-corrected chi connectivity index (χ2v) is 3.29. The van der Waals surface area contributed by atoms with Crippen LogP contribution < -0.4 is 5.73 Å². The molecule has 0 saturated carbocycles. The zero-order chi connectivity index (χ0) is 9.78. The Kier molecular flexibility index (Phi) is 4.21. The van der Waals surface area contributed by atoms with Gasteiger partial charge in [-0.15, -0.1) is 0 Å². The quantitative estimate of drug-likeness (QED) is 0.682. The predicted molar refractivity (Wildman–Crippen MR) is 47.4 cm³/mol. The highest BCUT2D eigenvalue weighted by atomic mass is 19.1. The predicted octanol–water partition coefficient (Wildman–Crippen LogP) is 2.03. The van der Waals surface area contributed by atoms with Gasteiger partial charge in [0.05, 0.1) is 0 Å². The normalized spacial score (nSPS) is 18.3. The zero-order valence-electron chi connectivity index (χ0n) is 8.06. The van der Waals surface area contributed by atoms with Crippen molar-refractivity contribution in [2.75, 3.05) is 0 Å². The summed E-state index contributed by atoms with van der Waals surface area (Å²) < 4.78 is 13.8. The number of halogens is 1. The van der Waals surface area contributed by atoms with E-state index < -0.39 is 11.6 Å². The highest BCUT2D eigenvalue weighted by Gasteiger charge is 2.40. The second-order valence-electron chi connectivity index (χ2n) is 3.29. The number of alkyl halides is 1. The van der Waals surface area contributed by atoms with E-state index in [0.717, 1.165) is 0 Å². The zero-order valence-corrected chi connectivity index (χ0v) is 8.06. The maximum Gasteiger partial charge on any atom is 0.255 e. The van der Waals surface area contributed by atoms with Gasteiger partial charge in [0.1, 0.15) is 0 Å². The van der Waals surface area contributed by atoms with Crippen LogP contribution in [0.25, 0.3) is 0 Å². The molecule has 72 valence electrons. The lowest BCUT2D eigenvalue weighted by atomic mass is 9.84. The summed E-state index contributed by atoms with van der Waals surface area (Å²) in [7, 11) is 0. The molecule has 1 amide bonds. The van der Waals surface area contributed by atoms with Crippen molar-refractivity contribution in [3.8, 4) is 0 Å². The average Bonchev–Trinajstić information content (AvgIpc) is 2.03. The molecule has 0 spiro atoms. The first-order valence-electron chi connectivity index (χ1n) is 4.47. The van der Waals surface area contributed by atoms with Gasteiger partial charge in [0.15, 0.2) is 5.67 Å². The molecule has 0 aromatic rings. The smallest absolute Gasteiger partial charge is 0.255 e. The van der Waals surface area contributed by atoms with Crippen LogP contribution in [0.1, 0.15) is 40.0 Å². The SMILES string of the molecule is CCCC(F)(C(N)=O)C(C)CC. The van der Waals surface area contributed by atoms with E-state index in [1.54, 1.807) is 6.92 Å². The van der Waals surface area contributed by atoms with Gasteiger partial charge in [0.25, 0.3) is 5.91 Å². The lowest BCUT2D eigenvalue weighted by Crippen LogP contribution is -2.44. The third-order valence-corrected chi connectivity index (χ3v) is 2.42. The molecule has 0 bridgehead atoms. The van der Waals surface area contributed by atoms with Crippen LogP contribution in [0.5, 0.6) is 0 Å². The number of hydrogen-bond donors (Lipinski definition) is 1. The van der Waals surface area contributed by atoms with Crippen molar-refractivity contribution in [3.63, 3.8) is 0 Å². The van der Waals surface area contributed by atoms with Gasteiger partial charge in [0, 0.05) is 0 Å². The number of carbonyl (C=O) groups excluding carboxylic acids is 1. The summed E-state index contributed by atoms with van der Waals surface area (Å²) in [6.45, 7) is 5.43. The minimum absolute atomic E-state index is 0.233. The van der Waals surface area contributed by atoms with E-state index in [4.69, 9.17) is 5.73 Å². The summed E-state index contributed by atoms with van der Waals surface area (Å²) in [6, 6.07) is 0. The van der Waals surface area contributed by atoms with E-state index in [9.17, 15) is 9.18 Å². The summed E-state index contributed by atoms with van der Waals surface area (Å²) in [6.07, 6.45) is 1.51. The molecule has 0 aromatic heterocycles. The molecule has 0 aliphatic rings. The molecular weight excluding hydrogens is 157 g/mol. The lowest BCUT2D eigenvalue weighted by molar-refractivity contribution is -0.133. The molecule has 0 aromatic carbocycles. The molecule has 0 heterocycles. The van der Waals surface area contributed by atoms with Crippen LogP contribution in [-0.2, 0) is 4.79 Å². The van der Waals surface area contributed by atoms with E-state index >= 15 is 0 Å². The number of hydrogen-bond acceptors (Lipinski definition) is 1. The molecule has 12 heavy (non-hydrogen) atoms. The second kappa shape index (κ2) is 4.43. The van der Waals surface area contributed by atoms with Crippen molar-refractivity contribution in [2.24, 2.45) is 11.7 Å². The Morgan fingerprint density at radius 1 is 1.58 bits per heavy atom. The Morgan fingerprint density at radius 3 is 2.33 bits per heavy atom. The molecule has 0 fully saturated rings. The molecule has 0 aliphatic heterocycles. The van der Waals surface area contributed by atoms with E-state index in [0.29, 0.717) is 12.8 Å². The fourth-order valence-electron chi connectivity index (χ4n) is 1.30. The molecule has 0 aliphatic carbocycles. The molecule has 2 atom stereocenters. The standard InChI is InChI=1S/C9H18FNO/c1-4-6-9(10,8(11)12)7(3)5-2/h7H,4-6H2,1-3H3,(H2,11,12). The molecular formula is C9H18FNO. The lowest BCUT2D eigenvalue weighted by Gasteiger charge is -2.27. The number of primary amides is 1. The van der Waals surface area contributed by atoms with Gasteiger partial charge in [-0.1, -0.05) is 27.2 Å². The minimum atomic E-state index is -1.80. The van der Waals surface area contributed by atoms with Crippen LogP contribution >= 0.6 is 0 Å². The number of rotatable bonds is 5. The molecule has 2 nitrogen and oxygen atoms in total. The first kappa shape index (κ1) is 11.4. The van der Waals surface area contributed by atoms with Crippen LogP contribution in [0.4, 0.5) is 4.39 Å². The number of nitrogens with two attached hydrogens (primary N) is 1. The van der Waals surface area contributed by atoms with E-state index in [2.05, 4.69) is 0 Å². The van der Waals surface area contributed by atoms with Gasteiger partial charge >= 0.3 is 0 Å². The number of carbonyl (C=O) groups is 1. The van der Waals surface area contributed by atoms with Crippen molar-refractivity contribution in [2.45, 2.75) is 45.7 Å². The summed E-state index contributed by atoms with van der Waals surface area (Å²) in [5.41, 5.74) is 3.22. The molecule has 0 rings (SSSR count). The molecule has 2 unspecified atom stereocenters. The van der Waals surface area contributed by atoms with E-state index in [-0.39, 0.29) is 12.3 Å². The Bertz CT molecular complexity index is 161. The Labute approximate surface area is 73.3 Å². The summed E-state index contributed by atoms with van der Waals surface area (Å²) in [5.74, 6) is -1.10. The summed E-state index contributed by atoms with van der Waals surface area (Å²) in [5, 5.41) is 0. The molecule has 3 heteroatoms. The molecule has 2 N–H and O–H groups in total. The maximum atomic E-state index is 13.8. The van der Waals surface area contributed by atoms with Crippen LogP contribution in [0, 0.1) is 5.92 Å². The Hall–Kier alpha value is -0.600. The highest BCUT2D eigenvalue weighted by Crippen LogP contribution is 2.29. The van der Waals surface area contributed by atoms with Crippen molar-refractivity contribution in [1.29, 1.82) is 0 Å². The van der Waals surface area contributed by atoms with Crippen molar-refractivity contribution in [1.82, 2.24) is 0 Å². The monoisotopic (exact) mass is 175 g/mol. The Balaban J connectivity index is 4.48. The maximum absolute atomic E-state index is 13.8. The number of amides is 1. The van der Waals surface area contributed by atoms with Crippen LogP contribution in [0.3, 0.4) is 0 Å². The summed E-state index contributed by atoms with van der Waals surface area (Å²) >= 11 is 0. The third kappa shape index (κ3) is 2.19. The molecule has 0 saturated heterocycles. The van der Waals surface area contributed by atoms with Crippen LogP contribution in [0.2, 0.25) is 0 Å². The van der Waals surface area contributed by atoms with Crippen molar-refractivity contribution in [3.05, 3.63) is 0 Å². The van der Waals surface area contributed by atoms with Gasteiger partial charge < -0.3 is 5.73 Å². The third-order valence-electron chi connectivity index (χ3n) is 2.42. The van der Waals surface area contributed by atoms with E-state index in [1.165, 1.54) is 0 Å². The van der Waals surface area contributed by atoms with Crippen LogP contribution in [0.15, 0.2) is 0 Å². The topological polar surface area (TPSA) is 43.1 Å². The largest absolute Gasteiger partial charge is 0.367 e.